The quantitative estimate of drug-likeness (QED) is 0.341. The number of amides is 1. The molecule has 0 spiro atoms. The summed E-state index contributed by atoms with van der Waals surface area (Å²) < 4.78 is 20.5. The number of aliphatic hydroxyl groups excluding tert-OH is 2. The number of aliphatic carboxylic acids is 1. The topological polar surface area (TPSA) is 128 Å². The van der Waals surface area contributed by atoms with E-state index in [0.717, 1.165) is 5.56 Å². The molecule has 1 heterocycles. The van der Waals surface area contributed by atoms with Crippen molar-refractivity contribution in [2.75, 3.05) is 14.2 Å². The first kappa shape index (κ1) is 29.8. The van der Waals surface area contributed by atoms with Gasteiger partial charge >= 0.3 is 0 Å². The van der Waals surface area contributed by atoms with Gasteiger partial charge in [0.25, 0.3) is 5.91 Å². The first-order valence-corrected chi connectivity index (χ1v) is 12.8. The Kier molecular flexibility index (Phi) is 10.2. The Labute approximate surface area is 227 Å². The fourth-order valence-corrected chi connectivity index (χ4v) is 4.53. The van der Waals surface area contributed by atoms with Crippen molar-refractivity contribution >= 4 is 11.9 Å². The second-order valence-corrected chi connectivity index (χ2v) is 9.92. The van der Waals surface area contributed by atoms with Gasteiger partial charge in [0.05, 0.1) is 25.0 Å². The van der Waals surface area contributed by atoms with Crippen molar-refractivity contribution in [1.29, 1.82) is 0 Å². The van der Waals surface area contributed by atoms with Crippen molar-refractivity contribution in [2.45, 2.75) is 64.2 Å². The molecule has 10 heteroatoms. The van der Waals surface area contributed by atoms with Crippen LogP contribution in [0.2, 0.25) is 0 Å². The number of carboxylic acids is 1. The van der Waals surface area contributed by atoms with Gasteiger partial charge in [-0.3, -0.25) is 4.79 Å². The molecule has 0 unspecified atom stereocenters. The third-order valence-electron chi connectivity index (χ3n) is 6.46. The van der Waals surface area contributed by atoms with E-state index in [9.17, 15) is 29.3 Å². The standard InChI is InChI=1S/C29H36FN3O6/c1-18(2)27-25(14-11-22(34)15-23(35)16-26(36)37)33(21-9-7-20(30)8-10-21)31-28(27)29(38)32(3)17-19-5-12-24(39-4)13-6-19/h5-10,12-13,18,22-23,34-35H,11,14-17H2,1-4H3,(H,36,37)/p-1/t22-,23-/m1/s1. The molecule has 0 fully saturated rings. The molecule has 0 aliphatic rings. The SMILES string of the molecule is COc1ccc(CN(C)C(=O)c2nn(-c3ccc(F)cc3)c(CC[C@@H](O)C[C@@H](O)CC(=O)[O-])c2C(C)C)cc1. The number of carbonyl (C=O) groups excluding carboxylic acids is 2. The summed E-state index contributed by atoms with van der Waals surface area (Å²) in [5.41, 5.74) is 3.09. The highest BCUT2D eigenvalue weighted by atomic mass is 19.1. The zero-order valence-corrected chi connectivity index (χ0v) is 22.6. The van der Waals surface area contributed by atoms with Crippen molar-refractivity contribution in [3.8, 4) is 11.4 Å². The first-order valence-electron chi connectivity index (χ1n) is 12.8. The Morgan fingerprint density at radius 2 is 1.72 bits per heavy atom. The van der Waals surface area contributed by atoms with E-state index in [1.165, 1.54) is 12.1 Å². The van der Waals surface area contributed by atoms with Gasteiger partial charge in [0.2, 0.25) is 0 Å². The van der Waals surface area contributed by atoms with Crippen molar-refractivity contribution in [2.24, 2.45) is 0 Å². The maximum Gasteiger partial charge on any atom is 0.274 e. The van der Waals surface area contributed by atoms with Gasteiger partial charge < -0.3 is 29.8 Å². The summed E-state index contributed by atoms with van der Waals surface area (Å²) in [4.78, 5) is 26.0. The van der Waals surface area contributed by atoms with Gasteiger partial charge in [-0.1, -0.05) is 26.0 Å². The molecule has 210 valence electrons. The number of aliphatic hydroxyl groups is 2. The van der Waals surface area contributed by atoms with Crippen LogP contribution in [0.5, 0.6) is 5.75 Å². The van der Waals surface area contributed by atoms with E-state index in [1.54, 1.807) is 35.9 Å². The van der Waals surface area contributed by atoms with Gasteiger partial charge in [-0.2, -0.15) is 5.10 Å². The number of rotatable bonds is 13. The monoisotopic (exact) mass is 540 g/mol. The highest BCUT2D eigenvalue weighted by Gasteiger charge is 2.28. The fraction of sp³-hybridized carbons (Fsp3) is 0.414. The maximum absolute atomic E-state index is 13.7. The first-order chi connectivity index (χ1) is 18.5. The lowest BCUT2D eigenvalue weighted by Gasteiger charge is -2.19. The van der Waals surface area contributed by atoms with E-state index in [4.69, 9.17) is 4.74 Å². The van der Waals surface area contributed by atoms with Crippen LogP contribution in [0.15, 0.2) is 48.5 Å². The molecule has 0 aliphatic carbocycles. The van der Waals surface area contributed by atoms with E-state index in [2.05, 4.69) is 5.10 Å². The zero-order valence-electron chi connectivity index (χ0n) is 22.6. The third kappa shape index (κ3) is 7.87. The molecule has 0 radical (unpaired) electrons. The summed E-state index contributed by atoms with van der Waals surface area (Å²) in [6, 6.07) is 13.1. The van der Waals surface area contributed by atoms with E-state index in [-0.39, 0.29) is 36.8 Å². The summed E-state index contributed by atoms with van der Waals surface area (Å²) in [7, 11) is 3.28. The maximum atomic E-state index is 13.7. The molecule has 2 atom stereocenters. The number of carboxylic acid groups (broad SMARTS) is 1. The lowest BCUT2D eigenvalue weighted by molar-refractivity contribution is -0.307. The lowest BCUT2D eigenvalue weighted by Crippen LogP contribution is -2.29. The number of hydrogen-bond donors (Lipinski definition) is 2. The molecule has 39 heavy (non-hydrogen) atoms. The van der Waals surface area contributed by atoms with Gasteiger partial charge in [-0.25, -0.2) is 9.07 Å². The van der Waals surface area contributed by atoms with Crippen LogP contribution in [0.4, 0.5) is 4.39 Å². The molecule has 3 aromatic rings. The number of hydrogen-bond acceptors (Lipinski definition) is 7. The number of halogens is 1. The summed E-state index contributed by atoms with van der Waals surface area (Å²) in [5.74, 6) is -1.49. The molecular weight excluding hydrogens is 505 g/mol. The summed E-state index contributed by atoms with van der Waals surface area (Å²) >= 11 is 0. The highest BCUT2D eigenvalue weighted by Crippen LogP contribution is 2.29. The van der Waals surface area contributed by atoms with E-state index >= 15 is 0 Å². The van der Waals surface area contributed by atoms with Crippen LogP contribution in [0.25, 0.3) is 5.69 Å². The largest absolute Gasteiger partial charge is 0.550 e. The molecular formula is C29H35FN3O6-. The molecule has 0 aliphatic heterocycles. The Hall–Kier alpha value is -3.76. The minimum Gasteiger partial charge on any atom is -0.550 e. The number of aromatic nitrogens is 2. The van der Waals surface area contributed by atoms with Gasteiger partial charge in [-0.05, 0) is 67.1 Å². The van der Waals surface area contributed by atoms with Gasteiger partial charge in [0.1, 0.15) is 11.6 Å². The summed E-state index contributed by atoms with van der Waals surface area (Å²) in [5, 5.41) is 35.8. The van der Waals surface area contributed by atoms with Crippen LogP contribution in [-0.4, -0.2) is 63.1 Å². The molecule has 1 aromatic heterocycles. The molecule has 2 N–H and O–H groups in total. The molecule has 0 saturated heterocycles. The highest BCUT2D eigenvalue weighted by molar-refractivity contribution is 5.94. The van der Waals surface area contributed by atoms with Crippen LogP contribution in [0.1, 0.15) is 66.3 Å². The molecule has 0 saturated carbocycles. The molecule has 3 rings (SSSR count). The Bertz CT molecular complexity index is 1260. The smallest absolute Gasteiger partial charge is 0.274 e. The summed E-state index contributed by atoms with van der Waals surface area (Å²) in [6.07, 6.45) is -2.46. The molecule has 2 aromatic carbocycles. The van der Waals surface area contributed by atoms with Crippen LogP contribution < -0.4 is 9.84 Å². The van der Waals surface area contributed by atoms with Crippen LogP contribution >= 0.6 is 0 Å². The van der Waals surface area contributed by atoms with Gasteiger partial charge in [0, 0.05) is 37.2 Å². The van der Waals surface area contributed by atoms with E-state index < -0.39 is 30.4 Å². The average Bonchev–Trinajstić information content (AvgIpc) is 3.27. The zero-order chi connectivity index (χ0) is 28.7. The Balaban J connectivity index is 1.93. The molecule has 0 bridgehead atoms. The van der Waals surface area contributed by atoms with E-state index in [1.807, 2.05) is 38.1 Å². The van der Waals surface area contributed by atoms with E-state index in [0.29, 0.717) is 29.2 Å². The number of nitrogens with zero attached hydrogens (tertiary/aromatic N) is 3. The fourth-order valence-electron chi connectivity index (χ4n) is 4.53. The van der Waals surface area contributed by atoms with Crippen molar-refractivity contribution in [3.63, 3.8) is 0 Å². The minimum absolute atomic E-state index is 0.108. The number of carbonyl (C=O) groups is 2. The molecule has 1 amide bonds. The summed E-state index contributed by atoms with van der Waals surface area (Å²) in [6.45, 7) is 4.22. The minimum atomic E-state index is -1.40. The predicted octanol–water partition coefficient (Wildman–Crippen LogP) is 2.60. The predicted molar refractivity (Wildman–Crippen MR) is 141 cm³/mol. The third-order valence-corrected chi connectivity index (χ3v) is 6.46. The second kappa shape index (κ2) is 13.3. The number of ether oxygens (including phenoxy) is 1. The Morgan fingerprint density at radius 1 is 1.08 bits per heavy atom. The van der Waals surface area contributed by atoms with Crippen LogP contribution in [0, 0.1) is 5.82 Å². The average molecular weight is 541 g/mol. The van der Waals surface area contributed by atoms with Gasteiger partial charge in [-0.15, -0.1) is 0 Å². The van der Waals surface area contributed by atoms with Crippen molar-refractivity contribution in [3.05, 3.63) is 76.9 Å². The Morgan fingerprint density at radius 3 is 2.28 bits per heavy atom. The second-order valence-electron chi connectivity index (χ2n) is 9.92. The van der Waals surface area contributed by atoms with Crippen molar-refractivity contribution < 1.29 is 34.0 Å². The van der Waals surface area contributed by atoms with Crippen molar-refractivity contribution in [1.82, 2.24) is 14.7 Å². The number of benzene rings is 2. The van der Waals surface area contributed by atoms with Crippen LogP contribution in [-0.2, 0) is 17.8 Å². The lowest BCUT2D eigenvalue weighted by atomic mass is 9.95. The van der Waals surface area contributed by atoms with Crippen LogP contribution in [0.3, 0.4) is 0 Å². The number of methoxy groups -OCH3 is 1. The molecule has 9 nitrogen and oxygen atoms in total. The normalized spacial score (nSPS) is 12.8. The van der Waals surface area contributed by atoms with Gasteiger partial charge in [0.15, 0.2) is 5.69 Å².